The Morgan fingerprint density at radius 1 is 0.329 bits per heavy atom. The molecule has 0 aromatic heterocycles. The van der Waals surface area contributed by atoms with Gasteiger partial charge in [-0.1, -0.05) is 235 Å². The average molecular weight is 962 g/mol. The van der Waals surface area contributed by atoms with E-state index in [1.54, 1.807) is 0 Å². The van der Waals surface area contributed by atoms with Gasteiger partial charge in [-0.05, 0) is 128 Å². The molecule has 390 valence electrons. The molecule has 0 aliphatic rings. The van der Waals surface area contributed by atoms with Gasteiger partial charge in [0.1, 0.15) is 6.61 Å². The first-order chi connectivity index (χ1) is 34.6. The molecule has 1 N–H and O–H groups in total. The number of allylic oxidation sites excluding steroid dienone is 28. The monoisotopic (exact) mass is 961 g/mol. The van der Waals surface area contributed by atoms with Crippen molar-refractivity contribution in [3.63, 3.8) is 0 Å². The van der Waals surface area contributed by atoms with E-state index in [2.05, 4.69) is 184 Å². The highest BCUT2D eigenvalue weighted by atomic mass is 16.6. The molecule has 0 saturated heterocycles. The van der Waals surface area contributed by atoms with Gasteiger partial charge in [-0.3, -0.25) is 9.59 Å². The van der Waals surface area contributed by atoms with Gasteiger partial charge in [0.25, 0.3) is 0 Å². The topological polar surface area (TPSA) is 72.8 Å². The van der Waals surface area contributed by atoms with Crippen LogP contribution in [0, 0.1) is 0 Å². The highest BCUT2D eigenvalue weighted by Crippen LogP contribution is 2.12. The van der Waals surface area contributed by atoms with Crippen LogP contribution in [-0.2, 0) is 19.1 Å². The Kier molecular flexibility index (Phi) is 54.6. The maximum absolute atomic E-state index is 12.3. The predicted molar refractivity (Wildman–Crippen MR) is 306 cm³/mol. The van der Waals surface area contributed by atoms with Crippen LogP contribution < -0.4 is 0 Å². The third kappa shape index (κ3) is 55.9. The molecule has 0 aromatic carbocycles. The van der Waals surface area contributed by atoms with Crippen molar-refractivity contribution in [1.29, 1.82) is 0 Å². The van der Waals surface area contributed by atoms with E-state index in [0.717, 1.165) is 148 Å². The molecule has 0 radical (unpaired) electrons. The van der Waals surface area contributed by atoms with E-state index in [4.69, 9.17) is 9.47 Å². The first-order valence-electron chi connectivity index (χ1n) is 27.7. The first kappa shape index (κ1) is 65.3. The predicted octanol–water partition coefficient (Wildman–Crippen LogP) is 19.0. The molecule has 0 fully saturated rings. The Balaban J connectivity index is 3.67. The molecular formula is C65H100O5. The molecule has 0 aromatic rings. The summed E-state index contributed by atoms with van der Waals surface area (Å²) in [5, 5.41) is 9.64. The molecule has 5 nitrogen and oxygen atoms in total. The minimum atomic E-state index is -0.800. The van der Waals surface area contributed by atoms with Gasteiger partial charge in [-0.15, -0.1) is 0 Å². The number of carbonyl (C=O) groups is 2. The Morgan fingerprint density at radius 2 is 0.571 bits per heavy atom. The Bertz CT molecular complexity index is 1600. The molecule has 0 aliphatic carbocycles. The van der Waals surface area contributed by atoms with E-state index in [1.807, 2.05) is 0 Å². The summed E-state index contributed by atoms with van der Waals surface area (Å²) >= 11 is 0. The lowest BCUT2D eigenvalue weighted by molar-refractivity contribution is -0.161. The van der Waals surface area contributed by atoms with Crippen molar-refractivity contribution in [2.24, 2.45) is 0 Å². The van der Waals surface area contributed by atoms with Crippen LogP contribution in [-0.4, -0.2) is 36.4 Å². The summed E-state index contributed by atoms with van der Waals surface area (Å²) in [4.78, 5) is 24.5. The van der Waals surface area contributed by atoms with Gasteiger partial charge in [0.05, 0.1) is 6.61 Å². The highest BCUT2D eigenvalue weighted by Gasteiger charge is 2.16. The third-order valence-corrected chi connectivity index (χ3v) is 11.0. The van der Waals surface area contributed by atoms with Crippen LogP contribution >= 0.6 is 0 Å². The van der Waals surface area contributed by atoms with E-state index in [1.165, 1.54) is 32.1 Å². The zero-order valence-electron chi connectivity index (χ0n) is 44.5. The summed E-state index contributed by atoms with van der Waals surface area (Å²) in [6.45, 7) is 3.87. The molecule has 70 heavy (non-hydrogen) atoms. The number of aliphatic hydroxyl groups excluding tert-OH is 1. The van der Waals surface area contributed by atoms with Gasteiger partial charge < -0.3 is 14.6 Å². The molecule has 0 aliphatic heterocycles. The van der Waals surface area contributed by atoms with Gasteiger partial charge in [-0.2, -0.15) is 0 Å². The van der Waals surface area contributed by atoms with Crippen molar-refractivity contribution < 1.29 is 24.2 Å². The number of carbonyl (C=O) groups excluding carboxylic acids is 2. The molecule has 0 spiro atoms. The second-order valence-electron chi connectivity index (χ2n) is 17.5. The number of unbranched alkanes of at least 4 members (excludes halogenated alkanes) is 12. The van der Waals surface area contributed by atoms with E-state index in [-0.39, 0.29) is 25.2 Å². The standard InChI is InChI=1S/C65H100O5/c1-3-5-7-9-11-13-15-17-19-21-23-24-25-26-27-28-29-30-31-32-33-34-35-36-37-38-39-40-42-44-46-48-50-52-54-56-58-60-65(68)70-63(61-66)62-69-64(67)59-57-55-53-51-49-47-45-43-41-22-20-18-16-14-12-10-8-6-4-2/h5-8,11-14,17-20,23-24,26-27,29-30,32-33,35-36,38-39,41-44,63,66H,3-4,9-10,15-16,21-22,25,28,31,34,37,40,45-62H2,1-2H3/b7-5-,8-6-,13-11-,14-12-,19-17-,20-18-,24-23-,27-26-,30-29-,33-32-,36-35-,39-38-,43-41-,44-42-. The minimum Gasteiger partial charge on any atom is -0.462 e. The molecule has 5 heteroatoms. The lowest BCUT2D eigenvalue weighted by Crippen LogP contribution is -2.28. The quantitative estimate of drug-likeness (QED) is 0.0374. The van der Waals surface area contributed by atoms with Crippen molar-refractivity contribution in [2.45, 2.75) is 213 Å². The number of esters is 2. The SMILES string of the molecule is CC/C=C\C/C=C\C/C=C\C/C=C\C/C=C\C/C=C\C/C=C\C/C=C\C/C=C\C/C=C\CCCCCCCCC(=O)OC(CO)COC(=O)CCCCCCCC/C=C\C/C=C\C/C=C\C/C=C\CC. The Hall–Kier alpha value is -4.74. The molecule has 0 rings (SSSR count). The summed E-state index contributed by atoms with van der Waals surface area (Å²) in [5.41, 5.74) is 0. The van der Waals surface area contributed by atoms with Gasteiger partial charge in [-0.25, -0.2) is 0 Å². The fourth-order valence-corrected chi connectivity index (χ4v) is 6.93. The van der Waals surface area contributed by atoms with Crippen molar-refractivity contribution in [2.75, 3.05) is 13.2 Å². The van der Waals surface area contributed by atoms with E-state index < -0.39 is 6.10 Å². The van der Waals surface area contributed by atoms with Crippen molar-refractivity contribution in [1.82, 2.24) is 0 Å². The first-order valence-corrected chi connectivity index (χ1v) is 27.7. The van der Waals surface area contributed by atoms with Crippen LogP contribution in [0.2, 0.25) is 0 Å². The van der Waals surface area contributed by atoms with Gasteiger partial charge >= 0.3 is 11.9 Å². The molecular weight excluding hydrogens is 861 g/mol. The van der Waals surface area contributed by atoms with E-state index >= 15 is 0 Å². The van der Waals surface area contributed by atoms with Gasteiger partial charge in [0.2, 0.25) is 0 Å². The second kappa shape index (κ2) is 58.6. The number of ether oxygens (including phenoxy) is 2. The second-order valence-corrected chi connectivity index (χ2v) is 17.5. The number of aliphatic hydroxyl groups is 1. The average Bonchev–Trinajstić information content (AvgIpc) is 3.36. The molecule has 1 unspecified atom stereocenters. The van der Waals surface area contributed by atoms with Gasteiger partial charge in [0.15, 0.2) is 6.10 Å². The fraction of sp³-hybridized carbons (Fsp3) is 0.538. The Morgan fingerprint density at radius 3 is 0.857 bits per heavy atom. The smallest absolute Gasteiger partial charge is 0.306 e. The lowest BCUT2D eigenvalue weighted by Gasteiger charge is -2.15. The van der Waals surface area contributed by atoms with Gasteiger partial charge in [0, 0.05) is 12.8 Å². The third-order valence-electron chi connectivity index (χ3n) is 11.0. The summed E-state index contributed by atoms with van der Waals surface area (Å²) in [6, 6.07) is 0. The molecule has 1 atom stereocenters. The number of rotatable bonds is 48. The van der Waals surface area contributed by atoms with Crippen molar-refractivity contribution >= 4 is 11.9 Å². The molecule has 0 heterocycles. The summed E-state index contributed by atoms with van der Waals surface area (Å²) in [5.74, 6) is -0.638. The fourth-order valence-electron chi connectivity index (χ4n) is 6.93. The van der Waals surface area contributed by atoms with Crippen LogP contribution in [0.25, 0.3) is 0 Å². The summed E-state index contributed by atoms with van der Waals surface area (Å²) < 4.78 is 10.7. The van der Waals surface area contributed by atoms with Crippen LogP contribution in [0.1, 0.15) is 206 Å². The van der Waals surface area contributed by atoms with Crippen LogP contribution in [0.5, 0.6) is 0 Å². The van der Waals surface area contributed by atoms with E-state index in [9.17, 15) is 14.7 Å². The number of hydrogen-bond acceptors (Lipinski definition) is 5. The largest absolute Gasteiger partial charge is 0.462 e. The molecule has 0 amide bonds. The van der Waals surface area contributed by atoms with Crippen molar-refractivity contribution in [3.8, 4) is 0 Å². The van der Waals surface area contributed by atoms with Crippen molar-refractivity contribution in [3.05, 3.63) is 170 Å². The maximum Gasteiger partial charge on any atom is 0.306 e. The van der Waals surface area contributed by atoms with Crippen LogP contribution in [0.3, 0.4) is 0 Å². The highest BCUT2D eigenvalue weighted by molar-refractivity contribution is 5.70. The Labute approximate surface area is 430 Å². The number of hydrogen-bond donors (Lipinski definition) is 1. The summed E-state index contributed by atoms with van der Waals surface area (Å²) in [6.07, 6.45) is 91.6. The summed E-state index contributed by atoms with van der Waals surface area (Å²) in [7, 11) is 0. The zero-order valence-corrected chi connectivity index (χ0v) is 44.5. The maximum atomic E-state index is 12.3. The molecule has 0 saturated carbocycles. The van der Waals surface area contributed by atoms with Crippen LogP contribution in [0.4, 0.5) is 0 Å². The molecule has 0 bridgehead atoms. The lowest BCUT2D eigenvalue weighted by atomic mass is 10.1. The minimum absolute atomic E-state index is 0.0911. The van der Waals surface area contributed by atoms with E-state index in [0.29, 0.717) is 12.8 Å². The normalized spacial score (nSPS) is 13.6. The van der Waals surface area contributed by atoms with Crippen LogP contribution in [0.15, 0.2) is 170 Å². The zero-order chi connectivity index (χ0) is 50.6.